The van der Waals surface area contributed by atoms with E-state index in [9.17, 15) is 14.9 Å². The summed E-state index contributed by atoms with van der Waals surface area (Å²) in [4.78, 5) is 21.9. The number of nitrogens with two attached hydrogens (primary N) is 1. The molecule has 0 radical (unpaired) electrons. The highest BCUT2D eigenvalue weighted by atomic mass is 16.6. The van der Waals surface area contributed by atoms with E-state index >= 15 is 0 Å². The molecule has 0 atom stereocenters. The highest BCUT2D eigenvalue weighted by Gasteiger charge is 2.16. The van der Waals surface area contributed by atoms with E-state index in [1.165, 1.54) is 18.2 Å². The fraction of sp³-hybridized carbons (Fsp3) is 0.0909. The van der Waals surface area contributed by atoms with Gasteiger partial charge in [-0.1, -0.05) is 5.16 Å². The predicted molar refractivity (Wildman–Crippen MR) is 66.7 cm³/mol. The summed E-state index contributed by atoms with van der Waals surface area (Å²) >= 11 is 0. The van der Waals surface area contributed by atoms with Crippen LogP contribution in [0.1, 0.15) is 16.1 Å². The Morgan fingerprint density at radius 2 is 2.21 bits per heavy atom. The Morgan fingerprint density at radius 3 is 2.79 bits per heavy atom. The fourth-order valence-electron chi connectivity index (χ4n) is 1.46. The van der Waals surface area contributed by atoms with Crippen molar-refractivity contribution in [1.29, 1.82) is 0 Å². The summed E-state index contributed by atoms with van der Waals surface area (Å²) in [5.41, 5.74) is 5.24. The van der Waals surface area contributed by atoms with Crippen LogP contribution in [0.2, 0.25) is 0 Å². The van der Waals surface area contributed by atoms with Crippen LogP contribution in [0.3, 0.4) is 0 Å². The maximum Gasteiger partial charge on any atom is 0.292 e. The molecule has 0 aliphatic carbocycles. The number of amides is 1. The van der Waals surface area contributed by atoms with Crippen molar-refractivity contribution >= 4 is 23.1 Å². The van der Waals surface area contributed by atoms with Gasteiger partial charge in [0.1, 0.15) is 11.4 Å². The third-order valence-electron chi connectivity index (χ3n) is 2.36. The number of rotatable bonds is 3. The van der Waals surface area contributed by atoms with Gasteiger partial charge < -0.3 is 15.6 Å². The molecule has 2 rings (SSSR count). The van der Waals surface area contributed by atoms with E-state index in [-0.39, 0.29) is 22.8 Å². The first kappa shape index (κ1) is 12.6. The number of nitrogens with one attached hydrogen (secondary N) is 1. The van der Waals surface area contributed by atoms with Crippen LogP contribution in [0.4, 0.5) is 17.2 Å². The Labute approximate surface area is 107 Å². The smallest absolute Gasteiger partial charge is 0.292 e. The molecule has 0 aliphatic heterocycles. The van der Waals surface area contributed by atoms with Crippen molar-refractivity contribution in [2.45, 2.75) is 6.92 Å². The van der Waals surface area contributed by atoms with Crippen LogP contribution in [-0.4, -0.2) is 16.0 Å². The van der Waals surface area contributed by atoms with E-state index in [1.54, 1.807) is 6.92 Å². The molecular formula is C11H10N4O4. The Kier molecular flexibility index (Phi) is 3.15. The van der Waals surface area contributed by atoms with E-state index in [0.717, 1.165) is 6.07 Å². The van der Waals surface area contributed by atoms with Crippen molar-refractivity contribution in [1.82, 2.24) is 5.16 Å². The van der Waals surface area contributed by atoms with Crippen LogP contribution in [0, 0.1) is 17.0 Å². The number of carbonyl (C=O) groups is 1. The summed E-state index contributed by atoms with van der Waals surface area (Å²) in [6, 6.07) is 5.34. The number of hydrogen-bond donors (Lipinski definition) is 2. The first-order chi connectivity index (χ1) is 8.97. The van der Waals surface area contributed by atoms with Gasteiger partial charge in [0.15, 0.2) is 5.82 Å². The van der Waals surface area contributed by atoms with Crippen molar-refractivity contribution in [3.05, 3.63) is 45.7 Å². The number of aryl methyl sites for hydroxylation is 1. The monoisotopic (exact) mass is 262 g/mol. The molecule has 8 heteroatoms. The Morgan fingerprint density at radius 1 is 1.47 bits per heavy atom. The van der Waals surface area contributed by atoms with Gasteiger partial charge >= 0.3 is 0 Å². The minimum atomic E-state index is -0.646. The molecule has 98 valence electrons. The number of carbonyl (C=O) groups excluding carboxylic acids is 1. The lowest BCUT2D eigenvalue weighted by Crippen LogP contribution is -2.12. The molecule has 8 nitrogen and oxygen atoms in total. The Balaban J connectivity index is 2.24. The molecule has 1 amide bonds. The topological polar surface area (TPSA) is 124 Å². The SMILES string of the molecule is Cc1cc(NC(=O)c2ccc(N)c([N+](=O)[O-])c2)no1. The summed E-state index contributed by atoms with van der Waals surface area (Å²) in [5.74, 6) is 0.247. The largest absolute Gasteiger partial charge is 0.393 e. The molecule has 0 bridgehead atoms. The second-order valence-electron chi connectivity index (χ2n) is 3.81. The zero-order valence-electron chi connectivity index (χ0n) is 9.91. The number of aromatic nitrogens is 1. The van der Waals surface area contributed by atoms with Crippen LogP contribution >= 0.6 is 0 Å². The van der Waals surface area contributed by atoms with Gasteiger partial charge in [0.2, 0.25) is 0 Å². The van der Waals surface area contributed by atoms with Crippen LogP contribution < -0.4 is 11.1 Å². The van der Waals surface area contributed by atoms with Crippen LogP contribution in [0.15, 0.2) is 28.8 Å². The van der Waals surface area contributed by atoms with E-state index in [2.05, 4.69) is 10.5 Å². The van der Waals surface area contributed by atoms with E-state index in [4.69, 9.17) is 10.3 Å². The highest BCUT2D eigenvalue weighted by molar-refractivity contribution is 6.04. The van der Waals surface area contributed by atoms with Gasteiger partial charge in [-0.3, -0.25) is 14.9 Å². The highest BCUT2D eigenvalue weighted by Crippen LogP contribution is 2.22. The Bertz CT molecular complexity index is 650. The minimum absolute atomic E-state index is 0.00108. The summed E-state index contributed by atoms with van der Waals surface area (Å²) in [6.45, 7) is 1.68. The predicted octanol–water partition coefficient (Wildman–Crippen LogP) is 1.73. The number of nitro groups is 1. The van der Waals surface area contributed by atoms with Gasteiger partial charge in [-0.25, -0.2) is 0 Å². The maximum absolute atomic E-state index is 11.9. The maximum atomic E-state index is 11.9. The first-order valence-electron chi connectivity index (χ1n) is 5.26. The number of anilines is 2. The van der Waals surface area contributed by atoms with Crippen molar-refractivity contribution in [2.75, 3.05) is 11.1 Å². The standard InChI is InChI=1S/C11H10N4O4/c1-6-4-10(14-19-6)13-11(16)7-2-3-8(12)9(5-7)15(17)18/h2-5H,12H2,1H3,(H,13,14,16). The number of hydrogen-bond acceptors (Lipinski definition) is 6. The quantitative estimate of drug-likeness (QED) is 0.493. The summed E-state index contributed by atoms with van der Waals surface area (Å²) < 4.78 is 4.79. The molecule has 0 fully saturated rings. The lowest BCUT2D eigenvalue weighted by atomic mass is 10.1. The number of benzene rings is 1. The molecule has 1 heterocycles. The molecule has 2 aromatic rings. The summed E-state index contributed by atoms with van der Waals surface area (Å²) in [5, 5.41) is 16.8. The molecule has 1 aromatic heterocycles. The third kappa shape index (κ3) is 2.68. The van der Waals surface area contributed by atoms with E-state index in [0.29, 0.717) is 5.76 Å². The van der Waals surface area contributed by atoms with Crippen molar-refractivity contribution in [3.63, 3.8) is 0 Å². The second-order valence-corrected chi connectivity index (χ2v) is 3.81. The van der Waals surface area contributed by atoms with Gasteiger partial charge in [-0.2, -0.15) is 0 Å². The van der Waals surface area contributed by atoms with E-state index < -0.39 is 10.8 Å². The summed E-state index contributed by atoms with van der Waals surface area (Å²) in [6.07, 6.45) is 0. The third-order valence-corrected chi connectivity index (χ3v) is 2.36. The van der Waals surface area contributed by atoms with Gasteiger partial charge in [-0.15, -0.1) is 0 Å². The van der Waals surface area contributed by atoms with Gasteiger partial charge in [0.05, 0.1) is 4.92 Å². The van der Waals surface area contributed by atoms with Gasteiger partial charge in [-0.05, 0) is 19.1 Å². The normalized spacial score (nSPS) is 10.2. The minimum Gasteiger partial charge on any atom is -0.393 e. The van der Waals surface area contributed by atoms with Gasteiger partial charge in [0, 0.05) is 17.7 Å². The fourth-order valence-corrected chi connectivity index (χ4v) is 1.46. The number of nitro benzene ring substituents is 1. The zero-order valence-corrected chi connectivity index (χ0v) is 9.91. The molecule has 0 aliphatic rings. The second kappa shape index (κ2) is 4.77. The molecule has 3 N–H and O–H groups in total. The number of nitrogen functional groups attached to an aromatic ring is 1. The lowest BCUT2D eigenvalue weighted by molar-refractivity contribution is -0.383. The van der Waals surface area contributed by atoms with Crippen LogP contribution in [0.25, 0.3) is 0 Å². The summed E-state index contributed by atoms with van der Waals surface area (Å²) in [7, 11) is 0. The van der Waals surface area contributed by atoms with Gasteiger partial charge in [0.25, 0.3) is 11.6 Å². The first-order valence-corrected chi connectivity index (χ1v) is 5.26. The van der Waals surface area contributed by atoms with Crippen LogP contribution in [-0.2, 0) is 0 Å². The van der Waals surface area contributed by atoms with Crippen molar-refractivity contribution in [2.24, 2.45) is 0 Å². The molecule has 1 aromatic carbocycles. The lowest BCUT2D eigenvalue weighted by Gasteiger charge is -2.02. The van der Waals surface area contributed by atoms with E-state index in [1.807, 2.05) is 0 Å². The molecule has 0 saturated heterocycles. The average Bonchev–Trinajstić information content (AvgIpc) is 2.74. The molecule has 0 spiro atoms. The van der Waals surface area contributed by atoms with Crippen molar-refractivity contribution < 1.29 is 14.2 Å². The number of nitrogens with zero attached hydrogens (tertiary/aromatic N) is 2. The molecule has 19 heavy (non-hydrogen) atoms. The zero-order chi connectivity index (χ0) is 14.0. The average molecular weight is 262 g/mol. The Hall–Kier alpha value is -2.90. The van der Waals surface area contributed by atoms with Crippen LogP contribution in [0.5, 0.6) is 0 Å². The molecule has 0 saturated carbocycles. The van der Waals surface area contributed by atoms with Crippen molar-refractivity contribution in [3.8, 4) is 0 Å². The molecule has 0 unspecified atom stereocenters. The molecular weight excluding hydrogens is 252 g/mol.